The van der Waals surface area contributed by atoms with Crippen LogP contribution in [0.2, 0.25) is 0 Å². The Hall–Kier alpha value is -1.83. The fraction of sp³-hybridized carbons (Fsp3) is 0.526. The lowest BCUT2D eigenvalue weighted by Gasteiger charge is -2.35. The van der Waals surface area contributed by atoms with Crippen molar-refractivity contribution in [1.29, 1.82) is 0 Å². The fourth-order valence-corrected chi connectivity index (χ4v) is 3.57. The predicted molar refractivity (Wildman–Crippen MR) is 114 cm³/mol. The van der Waals surface area contributed by atoms with Gasteiger partial charge in [-0.15, -0.1) is 24.8 Å². The van der Waals surface area contributed by atoms with Crippen LogP contribution in [0, 0.1) is 5.41 Å². The van der Waals surface area contributed by atoms with Crippen molar-refractivity contribution in [2.75, 3.05) is 18.5 Å². The van der Waals surface area contributed by atoms with Crippen molar-refractivity contribution in [2.45, 2.75) is 45.1 Å². The molecule has 0 saturated heterocycles. The number of nitrogens with zero attached hydrogens (tertiary/aromatic N) is 3. The van der Waals surface area contributed by atoms with E-state index in [1.54, 1.807) is 11.0 Å². The number of carbonyl (C=O) groups is 1. The van der Waals surface area contributed by atoms with Gasteiger partial charge in [-0.05, 0) is 36.9 Å². The van der Waals surface area contributed by atoms with Crippen LogP contribution in [0.1, 0.15) is 38.5 Å². The Morgan fingerprint density at radius 2 is 2.04 bits per heavy atom. The van der Waals surface area contributed by atoms with E-state index in [0.717, 1.165) is 18.5 Å². The quantitative estimate of drug-likeness (QED) is 0.669. The third-order valence-corrected chi connectivity index (χ3v) is 5.06. The summed E-state index contributed by atoms with van der Waals surface area (Å²) in [4.78, 5) is 16.4. The molecule has 0 radical (unpaired) electrons. The number of hydrogen-bond acceptors (Lipinski definition) is 5. The number of hydrogen-bond donors (Lipinski definition) is 2. The van der Waals surface area contributed by atoms with Crippen LogP contribution in [0.25, 0.3) is 0 Å². The maximum atomic E-state index is 12.5. The van der Waals surface area contributed by atoms with Gasteiger partial charge in [0.1, 0.15) is 25.0 Å². The standard InChI is InChI=1S/C19H27N5O2.2ClH/c20-13-19(7-2-1-3-8-19)12-18(25)23-16-5-4-6-17(11-16)26-10-9-24-15-21-14-22-24;;/h4-6,11,14-15H,1-3,7-10,12-13,20H2,(H,23,25);2*1H. The lowest BCUT2D eigenvalue weighted by molar-refractivity contribution is -0.118. The molecule has 1 amide bonds. The number of aromatic nitrogens is 3. The van der Waals surface area contributed by atoms with Gasteiger partial charge in [0.15, 0.2) is 0 Å². The maximum Gasteiger partial charge on any atom is 0.224 e. The Labute approximate surface area is 178 Å². The van der Waals surface area contributed by atoms with E-state index in [1.165, 1.54) is 25.6 Å². The second-order valence-corrected chi connectivity index (χ2v) is 7.02. The summed E-state index contributed by atoms with van der Waals surface area (Å²) in [5.41, 5.74) is 6.70. The number of nitrogens with two attached hydrogens (primary N) is 1. The normalized spacial score (nSPS) is 15.0. The molecule has 1 aromatic carbocycles. The number of rotatable bonds is 8. The molecular weight excluding hydrogens is 401 g/mol. The molecule has 0 spiro atoms. The smallest absolute Gasteiger partial charge is 0.224 e. The molecule has 1 aliphatic carbocycles. The minimum Gasteiger partial charge on any atom is -0.492 e. The number of carbonyl (C=O) groups excluding carboxylic acids is 1. The third kappa shape index (κ3) is 6.96. The molecule has 7 nitrogen and oxygen atoms in total. The number of ether oxygens (including phenoxy) is 1. The van der Waals surface area contributed by atoms with Crippen LogP contribution in [0.4, 0.5) is 5.69 Å². The number of halogens is 2. The topological polar surface area (TPSA) is 95.1 Å². The predicted octanol–water partition coefficient (Wildman–Crippen LogP) is 3.44. The average molecular weight is 430 g/mol. The zero-order valence-electron chi connectivity index (χ0n) is 15.9. The molecule has 2 aromatic rings. The molecule has 9 heteroatoms. The Morgan fingerprint density at radius 1 is 1.25 bits per heavy atom. The van der Waals surface area contributed by atoms with Crippen LogP contribution in [-0.2, 0) is 11.3 Å². The summed E-state index contributed by atoms with van der Waals surface area (Å²) in [5, 5.41) is 7.02. The highest BCUT2D eigenvalue weighted by Crippen LogP contribution is 2.38. The molecule has 1 saturated carbocycles. The van der Waals surface area contributed by atoms with Gasteiger partial charge in [0.05, 0.1) is 6.54 Å². The number of nitrogens with one attached hydrogen (secondary N) is 1. The summed E-state index contributed by atoms with van der Waals surface area (Å²) in [6, 6.07) is 7.46. The second kappa shape index (κ2) is 11.9. The van der Waals surface area contributed by atoms with Gasteiger partial charge in [0.25, 0.3) is 0 Å². The lowest BCUT2D eigenvalue weighted by atomic mass is 9.71. The van der Waals surface area contributed by atoms with E-state index in [2.05, 4.69) is 15.4 Å². The van der Waals surface area contributed by atoms with Gasteiger partial charge >= 0.3 is 0 Å². The highest BCUT2D eigenvalue weighted by atomic mass is 35.5. The SMILES string of the molecule is Cl.Cl.NCC1(CC(=O)Nc2cccc(OCCn3cncn3)c2)CCCCC1. The van der Waals surface area contributed by atoms with Crippen LogP contribution >= 0.6 is 24.8 Å². The molecule has 0 unspecified atom stereocenters. The zero-order valence-corrected chi connectivity index (χ0v) is 17.5. The maximum absolute atomic E-state index is 12.5. The van der Waals surface area contributed by atoms with E-state index in [-0.39, 0.29) is 36.1 Å². The molecule has 1 aromatic heterocycles. The summed E-state index contributed by atoms with van der Waals surface area (Å²) in [5.74, 6) is 0.742. The van der Waals surface area contributed by atoms with E-state index < -0.39 is 0 Å². The van der Waals surface area contributed by atoms with Crippen LogP contribution in [0.15, 0.2) is 36.9 Å². The summed E-state index contributed by atoms with van der Waals surface area (Å²) in [6.45, 7) is 1.68. The summed E-state index contributed by atoms with van der Waals surface area (Å²) in [7, 11) is 0. The second-order valence-electron chi connectivity index (χ2n) is 7.02. The first-order valence-corrected chi connectivity index (χ1v) is 9.24. The fourth-order valence-electron chi connectivity index (χ4n) is 3.57. The van der Waals surface area contributed by atoms with Crippen molar-refractivity contribution >= 4 is 36.4 Å². The molecule has 3 N–H and O–H groups in total. The molecule has 0 aliphatic heterocycles. The van der Waals surface area contributed by atoms with Crippen LogP contribution in [-0.4, -0.2) is 33.8 Å². The first-order valence-electron chi connectivity index (χ1n) is 9.24. The van der Waals surface area contributed by atoms with Crippen LogP contribution < -0.4 is 15.8 Å². The molecule has 1 aliphatic rings. The molecule has 3 rings (SSSR count). The monoisotopic (exact) mass is 429 g/mol. The average Bonchev–Trinajstić information content (AvgIpc) is 3.16. The summed E-state index contributed by atoms with van der Waals surface area (Å²) >= 11 is 0. The lowest BCUT2D eigenvalue weighted by Crippen LogP contribution is -2.36. The number of benzene rings is 1. The van der Waals surface area contributed by atoms with Crippen molar-refractivity contribution in [1.82, 2.24) is 14.8 Å². The Morgan fingerprint density at radius 3 is 2.71 bits per heavy atom. The van der Waals surface area contributed by atoms with Gasteiger partial charge in [-0.1, -0.05) is 25.3 Å². The van der Waals surface area contributed by atoms with Crippen LogP contribution in [0.3, 0.4) is 0 Å². The highest BCUT2D eigenvalue weighted by Gasteiger charge is 2.32. The largest absolute Gasteiger partial charge is 0.492 e. The van der Waals surface area contributed by atoms with Crippen molar-refractivity contribution in [3.63, 3.8) is 0 Å². The van der Waals surface area contributed by atoms with Gasteiger partial charge in [-0.3, -0.25) is 4.79 Å². The van der Waals surface area contributed by atoms with E-state index in [1.807, 2.05) is 24.3 Å². The first-order chi connectivity index (χ1) is 12.7. The van der Waals surface area contributed by atoms with Crippen molar-refractivity contribution in [2.24, 2.45) is 11.1 Å². The molecular formula is C19H29Cl2N5O2. The minimum atomic E-state index is -0.0335. The molecule has 1 heterocycles. The van der Waals surface area contributed by atoms with Gasteiger partial charge in [0.2, 0.25) is 5.91 Å². The Bertz CT molecular complexity index is 706. The summed E-state index contributed by atoms with van der Waals surface area (Å²) < 4.78 is 7.44. The summed E-state index contributed by atoms with van der Waals surface area (Å²) in [6.07, 6.45) is 9.30. The van der Waals surface area contributed by atoms with Crippen LogP contribution in [0.5, 0.6) is 5.75 Å². The molecule has 1 fully saturated rings. The van der Waals surface area contributed by atoms with E-state index in [4.69, 9.17) is 10.5 Å². The van der Waals surface area contributed by atoms with Gasteiger partial charge in [0, 0.05) is 18.2 Å². The van der Waals surface area contributed by atoms with E-state index >= 15 is 0 Å². The molecule has 28 heavy (non-hydrogen) atoms. The number of anilines is 1. The van der Waals surface area contributed by atoms with Crippen molar-refractivity contribution in [3.05, 3.63) is 36.9 Å². The minimum absolute atomic E-state index is 0. The zero-order chi connectivity index (χ0) is 18.2. The van der Waals surface area contributed by atoms with E-state index in [9.17, 15) is 4.79 Å². The third-order valence-electron chi connectivity index (χ3n) is 5.06. The van der Waals surface area contributed by atoms with Crippen molar-refractivity contribution < 1.29 is 9.53 Å². The van der Waals surface area contributed by atoms with Crippen molar-refractivity contribution in [3.8, 4) is 5.75 Å². The van der Waals surface area contributed by atoms with Gasteiger partial charge in [-0.2, -0.15) is 5.10 Å². The number of amides is 1. The molecule has 156 valence electrons. The van der Waals surface area contributed by atoms with Gasteiger partial charge in [-0.25, -0.2) is 9.67 Å². The highest BCUT2D eigenvalue weighted by molar-refractivity contribution is 5.91. The Kier molecular flexibility index (Phi) is 10.3. The molecule has 0 atom stereocenters. The Balaban J connectivity index is 0.00000196. The van der Waals surface area contributed by atoms with Gasteiger partial charge < -0.3 is 15.8 Å². The first kappa shape index (κ1) is 24.2. The molecule has 0 bridgehead atoms. The van der Waals surface area contributed by atoms with E-state index in [0.29, 0.717) is 31.9 Å².